The number of rotatable bonds is 6. The van der Waals surface area contributed by atoms with E-state index < -0.39 is 10.0 Å². The summed E-state index contributed by atoms with van der Waals surface area (Å²) in [6.45, 7) is 5.17. The van der Waals surface area contributed by atoms with Crippen LogP contribution >= 0.6 is 11.3 Å². The van der Waals surface area contributed by atoms with Crippen LogP contribution in [0.3, 0.4) is 0 Å². The van der Waals surface area contributed by atoms with Crippen LogP contribution < -0.4 is 10.0 Å². The first-order valence-corrected chi connectivity index (χ1v) is 10.4. The van der Waals surface area contributed by atoms with Crippen molar-refractivity contribution < 1.29 is 13.2 Å². The Morgan fingerprint density at radius 2 is 2.04 bits per heavy atom. The van der Waals surface area contributed by atoms with Gasteiger partial charge in [-0.25, -0.2) is 18.1 Å². The van der Waals surface area contributed by atoms with Gasteiger partial charge < -0.3 is 5.32 Å². The van der Waals surface area contributed by atoms with Gasteiger partial charge in [-0.15, -0.1) is 11.3 Å². The molecule has 0 bridgehead atoms. The highest BCUT2D eigenvalue weighted by molar-refractivity contribution is 7.89. The third kappa shape index (κ3) is 4.26. The molecule has 2 N–H and O–H groups in total. The predicted octanol–water partition coefficient (Wildman–Crippen LogP) is 3.15. The normalized spacial score (nSPS) is 15.8. The summed E-state index contributed by atoms with van der Waals surface area (Å²) in [5, 5.41) is 3.47. The van der Waals surface area contributed by atoms with E-state index in [2.05, 4.69) is 15.0 Å². The summed E-state index contributed by atoms with van der Waals surface area (Å²) >= 11 is 1.52. The van der Waals surface area contributed by atoms with Crippen LogP contribution in [-0.2, 0) is 14.8 Å². The number of aryl methyl sites for hydroxylation is 2. The first-order chi connectivity index (χ1) is 11.8. The van der Waals surface area contributed by atoms with E-state index in [1.165, 1.54) is 24.3 Å². The van der Waals surface area contributed by atoms with Crippen molar-refractivity contribution in [3.63, 3.8) is 0 Å². The molecule has 1 aromatic heterocycles. The number of thiazole rings is 1. The lowest BCUT2D eigenvalue weighted by atomic mass is 10.2. The van der Waals surface area contributed by atoms with Gasteiger partial charge in [0.2, 0.25) is 15.9 Å². The van der Waals surface area contributed by atoms with Gasteiger partial charge in [0.05, 0.1) is 10.9 Å². The van der Waals surface area contributed by atoms with Gasteiger partial charge in [0, 0.05) is 23.7 Å². The van der Waals surface area contributed by atoms with Crippen molar-refractivity contribution in [3.8, 4) is 0 Å². The Hall–Kier alpha value is -1.77. The standard InChI is InChI=1S/C17H21N3O3S2/c1-10-4-7-14(8-15(10)19-12(3)21)25(22,23)20-16(13-5-6-13)17-18-9-11(2)24-17/h4,7-9,13,16,20H,5-6H2,1-3H3,(H,19,21). The number of nitrogens with one attached hydrogen (secondary N) is 2. The van der Waals surface area contributed by atoms with E-state index in [4.69, 9.17) is 0 Å². The Morgan fingerprint density at radius 1 is 1.32 bits per heavy atom. The van der Waals surface area contributed by atoms with E-state index >= 15 is 0 Å². The molecule has 3 rings (SSSR count). The van der Waals surface area contributed by atoms with Crippen molar-refractivity contribution in [2.24, 2.45) is 5.92 Å². The Bertz CT molecular complexity index is 902. The van der Waals surface area contributed by atoms with Crippen molar-refractivity contribution in [2.45, 2.75) is 44.6 Å². The molecule has 1 saturated carbocycles. The molecular formula is C17H21N3O3S2. The fraction of sp³-hybridized carbons (Fsp3) is 0.412. The van der Waals surface area contributed by atoms with E-state index in [1.54, 1.807) is 18.3 Å². The molecule has 0 radical (unpaired) electrons. The van der Waals surface area contributed by atoms with Crippen LogP contribution in [0.15, 0.2) is 29.3 Å². The van der Waals surface area contributed by atoms with Crippen molar-refractivity contribution in [1.82, 2.24) is 9.71 Å². The molecule has 8 heteroatoms. The van der Waals surface area contributed by atoms with Crippen LogP contribution in [0.25, 0.3) is 0 Å². The summed E-state index contributed by atoms with van der Waals surface area (Å²) in [6, 6.07) is 4.45. The summed E-state index contributed by atoms with van der Waals surface area (Å²) in [6.07, 6.45) is 3.76. The largest absolute Gasteiger partial charge is 0.326 e. The SMILES string of the molecule is CC(=O)Nc1cc(S(=O)(=O)NC(c2ncc(C)s2)C2CC2)ccc1C. The lowest BCUT2D eigenvalue weighted by Crippen LogP contribution is -2.30. The third-order valence-corrected chi connectivity index (χ3v) is 6.55. The second kappa shape index (κ2) is 6.86. The van der Waals surface area contributed by atoms with Gasteiger partial charge in [-0.2, -0.15) is 0 Å². The van der Waals surface area contributed by atoms with Crippen LogP contribution in [0.4, 0.5) is 5.69 Å². The molecule has 1 amide bonds. The minimum absolute atomic E-state index is 0.140. The van der Waals surface area contributed by atoms with E-state index in [0.717, 1.165) is 28.3 Å². The van der Waals surface area contributed by atoms with Gasteiger partial charge >= 0.3 is 0 Å². The van der Waals surface area contributed by atoms with E-state index in [9.17, 15) is 13.2 Å². The van der Waals surface area contributed by atoms with E-state index in [0.29, 0.717) is 11.6 Å². The topological polar surface area (TPSA) is 88.2 Å². The quantitative estimate of drug-likeness (QED) is 0.807. The molecule has 1 unspecified atom stereocenters. The molecule has 0 aliphatic heterocycles. The molecule has 1 fully saturated rings. The zero-order valence-electron chi connectivity index (χ0n) is 14.4. The van der Waals surface area contributed by atoms with Crippen molar-refractivity contribution in [3.05, 3.63) is 39.8 Å². The lowest BCUT2D eigenvalue weighted by molar-refractivity contribution is -0.114. The number of nitrogens with zero attached hydrogens (tertiary/aromatic N) is 1. The van der Waals surface area contributed by atoms with Crippen molar-refractivity contribution >= 4 is 33.0 Å². The smallest absolute Gasteiger partial charge is 0.241 e. The highest BCUT2D eigenvalue weighted by Crippen LogP contribution is 2.42. The Labute approximate surface area is 151 Å². The van der Waals surface area contributed by atoms with Crippen LogP contribution in [-0.4, -0.2) is 19.3 Å². The zero-order valence-corrected chi connectivity index (χ0v) is 16.0. The third-order valence-electron chi connectivity index (χ3n) is 4.11. The molecule has 25 heavy (non-hydrogen) atoms. The van der Waals surface area contributed by atoms with Gasteiger partial charge in [-0.3, -0.25) is 4.79 Å². The number of benzene rings is 1. The molecule has 1 heterocycles. The van der Waals surface area contributed by atoms with Gasteiger partial charge in [0.15, 0.2) is 0 Å². The van der Waals surface area contributed by atoms with Gasteiger partial charge in [-0.1, -0.05) is 6.07 Å². The molecular weight excluding hydrogens is 358 g/mol. The maximum atomic E-state index is 12.9. The molecule has 1 aliphatic rings. The Balaban J connectivity index is 1.89. The number of hydrogen-bond acceptors (Lipinski definition) is 5. The number of sulfonamides is 1. The average Bonchev–Trinajstić information content (AvgIpc) is 3.28. The monoisotopic (exact) mass is 379 g/mol. The summed E-state index contributed by atoms with van der Waals surface area (Å²) in [5.74, 6) is 0.0558. The van der Waals surface area contributed by atoms with Gasteiger partial charge in [0.1, 0.15) is 5.01 Å². The maximum absolute atomic E-state index is 12.9. The van der Waals surface area contributed by atoms with E-state index in [1.807, 2.05) is 13.8 Å². The second-order valence-electron chi connectivity index (χ2n) is 6.40. The number of carbonyl (C=O) groups is 1. The molecule has 1 aliphatic carbocycles. The molecule has 6 nitrogen and oxygen atoms in total. The zero-order chi connectivity index (χ0) is 18.2. The Morgan fingerprint density at radius 3 is 2.60 bits per heavy atom. The number of anilines is 1. The van der Waals surface area contributed by atoms with Gasteiger partial charge in [-0.05, 0) is 50.3 Å². The fourth-order valence-electron chi connectivity index (χ4n) is 2.62. The maximum Gasteiger partial charge on any atom is 0.241 e. The minimum atomic E-state index is -3.71. The lowest BCUT2D eigenvalue weighted by Gasteiger charge is -2.17. The minimum Gasteiger partial charge on any atom is -0.326 e. The van der Waals surface area contributed by atoms with Crippen LogP contribution in [0.2, 0.25) is 0 Å². The number of hydrogen-bond donors (Lipinski definition) is 2. The Kier molecular flexibility index (Phi) is 4.95. The van der Waals surface area contributed by atoms with Crippen molar-refractivity contribution in [2.75, 3.05) is 5.32 Å². The molecule has 1 atom stereocenters. The second-order valence-corrected chi connectivity index (χ2v) is 9.38. The van der Waals surface area contributed by atoms with E-state index in [-0.39, 0.29) is 16.8 Å². The molecule has 1 aromatic carbocycles. The number of carbonyl (C=O) groups excluding carboxylic acids is 1. The average molecular weight is 380 g/mol. The summed E-state index contributed by atoms with van der Waals surface area (Å²) in [7, 11) is -3.71. The highest BCUT2D eigenvalue weighted by Gasteiger charge is 2.37. The summed E-state index contributed by atoms with van der Waals surface area (Å²) < 4.78 is 28.5. The van der Waals surface area contributed by atoms with Crippen LogP contribution in [0.1, 0.15) is 41.3 Å². The predicted molar refractivity (Wildman–Crippen MR) is 98.1 cm³/mol. The van der Waals surface area contributed by atoms with Crippen molar-refractivity contribution in [1.29, 1.82) is 0 Å². The first kappa shape index (κ1) is 18.0. The molecule has 134 valence electrons. The van der Waals surface area contributed by atoms with Gasteiger partial charge in [0.25, 0.3) is 0 Å². The molecule has 0 spiro atoms. The highest BCUT2D eigenvalue weighted by atomic mass is 32.2. The first-order valence-electron chi connectivity index (χ1n) is 8.09. The molecule has 0 saturated heterocycles. The van der Waals surface area contributed by atoms with Crippen LogP contribution in [0.5, 0.6) is 0 Å². The summed E-state index contributed by atoms with van der Waals surface area (Å²) in [5.41, 5.74) is 1.31. The fourth-order valence-corrected chi connectivity index (χ4v) is 4.91. The summed E-state index contributed by atoms with van der Waals surface area (Å²) in [4.78, 5) is 16.9. The number of aromatic nitrogens is 1. The van der Waals surface area contributed by atoms with Crippen LogP contribution in [0, 0.1) is 19.8 Å². The number of amides is 1. The molecule has 2 aromatic rings.